The molecule has 2 aromatic rings. The minimum Gasteiger partial charge on any atom is -0.474 e. The van der Waals surface area contributed by atoms with E-state index in [9.17, 15) is 19.3 Å². The van der Waals surface area contributed by atoms with Crippen molar-refractivity contribution >= 4 is 17.3 Å². The molecule has 0 aliphatic carbocycles. The number of para-hydroxylation sites is 1. The summed E-state index contributed by atoms with van der Waals surface area (Å²) in [4.78, 5) is 22.3. The molecule has 0 saturated heterocycles. The SMILES string of the molecule is CC(Oc1cc(F)ccc1[N+](=O)[O-])C(=O)Nc1ccccc1C#N. The van der Waals surface area contributed by atoms with Gasteiger partial charge in [-0.05, 0) is 25.1 Å². The number of carbonyl (C=O) groups excluding carboxylic acids is 1. The maximum atomic E-state index is 13.3. The van der Waals surface area contributed by atoms with E-state index in [1.807, 2.05) is 6.07 Å². The third-order valence-electron chi connectivity index (χ3n) is 3.10. The van der Waals surface area contributed by atoms with Crippen molar-refractivity contribution in [3.63, 3.8) is 0 Å². The van der Waals surface area contributed by atoms with E-state index in [1.54, 1.807) is 12.1 Å². The summed E-state index contributed by atoms with van der Waals surface area (Å²) in [7, 11) is 0. The molecule has 1 N–H and O–H groups in total. The number of halogens is 1. The highest BCUT2D eigenvalue weighted by Gasteiger charge is 2.22. The molecule has 24 heavy (non-hydrogen) atoms. The fraction of sp³-hybridized carbons (Fsp3) is 0.125. The number of ether oxygens (including phenoxy) is 1. The molecule has 0 fully saturated rings. The molecule has 0 bridgehead atoms. The van der Waals surface area contributed by atoms with Crippen molar-refractivity contribution < 1.29 is 18.8 Å². The molecule has 0 aliphatic rings. The van der Waals surface area contributed by atoms with E-state index in [0.29, 0.717) is 0 Å². The highest BCUT2D eigenvalue weighted by atomic mass is 19.1. The van der Waals surface area contributed by atoms with Crippen molar-refractivity contribution in [2.24, 2.45) is 0 Å². The normalized spacial score (nSPS) is 11.2. The molecule has 1 amide bonds. The smallest absolute Gasteiger partial charge is 0.311 e. The fourth-order valence-electron chi connectivity index (χ4n) is 1.90. The molecular weight excluding hydrogens is 317 g/mol. The summed E-state index contributed by atoms with van der Waals surface area (Å²) in [6.45, 7) is 1.36. The highest BCUT2D eigenvalue weighted by Crippen LogP contribution is 2.28. The summed E-state index contributed by atoms with van der Waals surface area (Å²) in [5.41, 5.74) is 0.0949. The van der Waals surface area contributed by atoms with E-state index in [1.165, 1.54) is 19.1 Å². The fourth-order valence-corrected chi connectivity index (χ4v) is 1.90. The van der Waals surface area contributed by atoms with E-state index in [2.05, 4.69) is 5.32 Å². The summed E-state index contributed by atoms with van der Waals surface area (Å²) >= 11 is 0. The Morgan fingerprint density at radius 3 is 2.75 bits per heavy atom. The minimum atomic E-state index is -1.14. The van der Waals surface area contributed by atoms with Gasteiger partial charge in [-0.25, -0.2) is 4.39 Å². The molecule has 2 aromatic carbocycles. The largest absolute Gasteiger partial charge is 0.474 e. The average molecular weight is 329 g/mol. The molecule has 0 aromatic heterocycles. The lowest BCUT2D eigenvalue weighted by atomic mass is 10.2. The number of nitrogens with one attached hydrogen (secondary N) is 1. The Labute approximate surface area is 136 Å². The van der Waals surface area contributed by atoms with Gasteiger partial charge in [0.05, 0.1) is 16.2 Å². The van der Waals surface area contributed by atoms with Gasteiger partial charge in [0.25, 0.3) is 5.91 Å². The molecule has 1 unspecified atom stereocenters. The lowest BCUT2D eigenvalue weighted by molar-refractivity contribution is -0.386. The van der Waals surface area contributed by atoms with Crippen molar-refractivity contribution in [3.8, 4) is 11.8 Å². The van der Waals surface area contributed by atoms with Crippen LogP contribution in [0.5, 0.6) is 5.75 Å². The Kier molecular flexibility index (Phi) is 5.06. The van der Waals surface area contributed by atoms with Gasteiger partial charge in [0.1, 0.15) is 11.9 Å². The van der Waals surface area contributed by atoms with Crippen molar-refractivity contribution in [2.75, 3.05) is 5.32 Å². The van der Waals surface area contributed by atoms with Crippen LogP contribution in [0.2, 0.25) is 0 Å². The summed E-state index contributed by atoms with van der Waals surface area (Å²) < 4.78 is 18.5. The number of nitro benzene ring substituents is 1. The second kappa shape index (κ2) is 7.19. The number of amides is 1. The Hall–Kier alpha value is -3.47. The average Bonchev–Trinajstić information content (AvgIpc) is 2.55. The summed E-state index contributed by atoms with van der Waals surface area (Å²) in [5, 5.41) is 22.4. The molecule has 7 nitrogen and oxygen atoms in total. The second-order valence-corrected chi connectivity index (χ2v) is 4.78. The van der Waals surface area contributed by atoms with Crippen LogP contribution in [0.1, 0.15) is 12.5 Å². The Morgan fingerprint density at radius 2 is 2.08 bits per heavy atom. The van der Waals surface area contributed by atoms with Crippen LogP contribution in [0.4, 0.5) is 15.8 Å². The minimum absolute atomic E-state index is 0.259. The van der Waals surface area contributed by atoms with Crippen molar-refractivity contribution in [2.45, 2.75) is 13.0 Å². The number of rotatable bonds is 5. The van der Waals surface area contributed by atoms with Gasteiger partial charge in [-0.1, -0.05) is 12.1 Å². The van der Waals surface area contributed by atoms with Crippen LogP contribution in [0.25, 0.3) is 0 Å². The van der Waals surface area contributed by atoms with Gasteiger partial charge in [-0.3, -0.25) is 14.9 Å². The molecule has 0 radical (unpaired) electrons. The summed E-state index contributed by atoms with van der Waals surface area (Å²) in [5.74, 6) is -1.70. The maximum Gasteiger partial charge on any atom is 0.311 e. The van der Waals surface area contributed by atoms with E-state index in [4.69, 9.17) is 10.00 Å². The Morgan fingerprint density at radius 1 is 1.38 bits per heavy atom. The van der Waals surface area contributed by atoms with E-state index in [-0.39, 0.29) is 17.0 Å². The van der Waals surface area contributed by atoms with E-state index >= 15 is 0 Å². The monoisotopic (exact) mass is 329 g/mol. The third-order valence-corrected chi connectivity index (χ3v) is 3.10. The standard InChI is InChI=1S/C16H12FN3O4/c1-10(16(21)19-13-5-3-2-4-11(13)9-18)24-15-8-12(17)6-7-14(15)20(22)23/h2-8,10H,1H3,(H,19,21). The van der Waals surface area contributed by atoms with Gasteiger partial charge >= 0.3 is 5.69 Å². The zero-order valence-corrected chi connectivity index (χ0v) is 12.5. The first-order valence-corrected chi connectivity index (χ1v) is 6.83. The van der Waals surface area contributed by atoms with Gasteiger partial charge in [-0.15, -0.1) is 0 Å². The number of carbonyl (C=O) groups is 1. The second-order valence-electron chi connectivity index (χ2n) is 4.78. The zero-order valence-electron chi connectivity index (χ0n) is 12.5. The maximum absolute atomic E-state index is 13.3. The predicted molar refractivity (Wildman–Crippen MR) is 82.9 cm³/mol. The van der Waals surface area contributed by atoms with Crippen molar-refractivity contribution in [3.05, 3.63) is 64.0 Å². The van der Waals surface area contributed by atoms with Gasteiger partial charge in [0.15, 0.2) is 6.10 Å². The Balaban J connectivity index is 2.17. The molecule has 0 aliphatic heterocycles. The number of hydrogen-bond donors (Lipinski definition) is 1. The van der Waals surface area contributed by atoms with Crippen LogP contribution in [0, 0.1) is 27.3 Å². The summed E-state index contributed by atoms with van der Waals surface area (Å²) in [6, 6.07) is 11.0. The first-order valence-electron chi connectivity index (χ1n) is 6.83. The van der Waals surface area contributed by atoms with Gasteiger partial charge < -0.3 is 10.1 Å². The van der Waals surface area contributed by atoms with Gasteiger partial charge in [-0.2, -0.15) is 5.26 Å². The molecule has 122 valence electrons. The van der Waals surface area contributed by atoms with Gasteiger partial charge in [0.2, 0.25) is 5.75 Å². The van der Waals surface area contributed by atoms with E-state index < -0.39 is 28.4 Å². The van der Waals surface area contributed by atoms with Gasteiger partial charge in [0, 0.05) is 12.1 Å². The quantitative estimate of drug-likeness (QED) is 0.670. The van der Waals surface area contributed by atoms with Crippen LogP contribution in [0.15, 0.2) is 42.5 Å². The summed E-state index contributed by atoms with van der Waals surface area (Å²) in [6.07, 6.45) is -1.14. The predicted octanol–water partition coefficient (Wildman–Crippen LogP) is 3.01. The number of anilines is 1. The number of nitrogens with zero attached hydrogens (tertiary/aromatic N) is 2. The number of hydrogen-bond acceptors (Lipinski definition) is 5. The Bertz CT molecular complexity index is 832. The van der Waals surface area contributed by atoms with Crippen LogP contribution < -0.4 is 10.1 Å². The molecule has 1 atom stereocenters. The van der Waals surface area contributed by atoms with Crippen LogP contribution >= 0.6 is 0 Å². The first kappa shape index (κ1) is 16.9. The molecular formula is C16H12FN3O4. The van der Waals surface area contributed by atoms with Crippen molar-refractivity contribution in [1.29, 1.82) is 5.26 Å². The topological polar surface area (TPSA) is 105 Å². The molecule has 2 rings (SSSR count). The highest BCUT2D eigenvalue weighted by molar-refractivity contribution is 5.95. The number of benzene rings is 2. The number of nitro groups is 1. The third kappa shape index (κ3) is 3.84. The van der Waals surface area contributed by atoms with Crippen LogP contribution in [0.3, 0.4) is 0 Å². The number of nitriles is 1. The van der Waals surface area contributed by atoms with Crippen LogP contribution in [-0.2, 0) is 4.79 Å². The van der Waals surface area contributed by atoms with E-state index in [0.717, 1.165) is 18.2 Å². The van der Waals surface area contributed by atoms with Crippen molar-refractivity contribution in [1.82, 2.24) is 0 Å². The zero-order chi connectivity index (χ0) is 17.7. The lowest BCUT2D eigenvalue weighted by Gasteiger charge is -2.15. The molecule has 0 spiro atoms. The molecule has 8 heteroatoms. The lowest BCUT2D eigenvalue weighted by Crippen LogP contribution is -2.30. The first-order chi connectivity index (χ1) is 11.4. The molecule has 0 saturated carbocycles. The van der Waals surface area contributed by atoms with Crippen LogP contribution in [-0.4, -0.2) is 16.9 Å². The molecule has 0 heterocycles.